The molecule has 2 atom stereocenters. The second-order valence-electron chi connectivity index (χ2n) is 6.27. The second-order valence-corrected chi connectivity index (χ2v) is 8.50. The molecule has 2 aromatic carbocycles. The monoisotopic (exact) mass is 372 g/mol. The van der Waals surface area contributed by atoms with E-state index in [1.54, 1.807) is 60.7 Å². The molecule has 26 heavy (non-hydrogen) atoms. The first-order valence-electron chi connectivity index (χ1n) is 8.36. The third-order valence-electron chi connectivity index (χ3n) is 4.27. The van der Waals surface area contributed by atoms with Crippen LogP contribution in [0.2, 0.25) is 0 Å². The molecule has 1 aliphatic rings. The molecule has 1 saturated heterocycles. The van der Waals surface area contributed by atoms with Crippen LogP contribution in [-0.2, 0) is 9.84 Å². The molecule has 1 aliphatic heterocycles. The van der Waals surface area contributed by atoms with Crippen molar-refractivity contribution in [1.82, 2.24) is 10.6 Å². The van der Waals surface area contributed by atoms with E-state index in [1.165, 1.54) is 0 Å². The van der Waals surface area contributed by atoms with E-state index < -0.39 is 21.9 Å². The summed E-state index contributed by atoms with van der Waals surface area (Å²) >= 11 is 0. The Morgan fingerprint density at radius 3 is 2.04 bits per heavy atom. The highest BCUT2D eigenvalue weighted by Crippen LogP contribution is 2.13. The molecule has 0 saturated carbocycles. The van der Waals surface area contributed by atoms with Crippen LogP contribution in [0.25, 0.3) is 0 Å². The number of amides is 1. The number of sulfone groups is 1. The molecule has 1 fully saturated rings. The molecule has 1 amide bonds. The largest absolute Gasteiger partial charge is 0.330 e. The van der Waals surface area contributed by atoms with Crippen molar-refractivity contribution in [2.45, 2.75) is 18.6 Å². The standard InChI is InChI=1S/C19H20N2O4S/c22-17(14-7-3-1-4-8-14)18(20-16-11-12-26(24,25)13-16)21-19(23)15-9-5-2-6-10-15/h1-10,16,18,20H,11-13H2,(H,21,23)/t16-,18-/m1/s1. The summed E-state index contributed by atoms with van der Waals surface area (Å²) in [6.45, 7) is 0. The Labute approximate surface area is 152 Å². The molecule has 0 bridgehead atoms. The molecule has 7 heteroatoms. The van der Waals surface area contributed by atoms with Gasteiger partial charge in [0.1, 0.15) is 6.17 Å². The zero-order valence-electron chi connectivity index (χ0n) is 14.1. The van der Waals surface area contributed by atoms with Gasteiger partial charge >= 0.3 is 0 Å². The van der Waals surface area contributed by atoms with E-state index in [4.69, 9.17) is 0 Å². The second kappa shape index (κ2) is 7.80. The molecule has 6 nitrogen and oxygen atoms in total. The van der Waals surface area contributed by atoms with Crippen molar-refractivity contribution in [1.29, 1.82) is 0 Å². The molecule has 1 heterocycles. The predicted octanol–water partition coefficient (Wildman–Crippen LogP) is 1.40. The minimum absolute atomic E-state index is 0.0349. The van der Waals surface area contributed by atoms with Crippen molar-refractivity contribution < 1.29 is 18.0 Å². The van der Waals surface area contributed by atoms with E-state index in [0.29, 0.717) is 17.5 Å². The lowest BCUT2D eigenvalue weighted by Gasteiger charge is -2.22. The Bertz CT molecular complexity index is 882. The van der Waals surface area contributed by atoms with Crippen LogP contribution in [0, 0.1) is 0 Å². The van der Waals surface area contributed by atoms with Gasteiger partial charge in [-0.25, -0.2) is 8.42 Å². The fraction of sp³-hybridized carbons (Fsp3) is 0.263. The van der Waals surface area contributed by atoms with Gasteiger partial charge in [-0.3, -0.25) is 14.9 Å². The first kappa shape index (κ1) is 18.3. The van der Waals surface area contributed by atoms with Crippen LogP contribution in [-0.4, -0.2) is 43.8 Å². The van der Waals surface area contributed by atoms with E-state index in [-0.39, 0.29) is 23.3 Å². The molecule has 136 valence electrons. The number of ketones is 1. The number of rotatable bonds is 6. The SMILES string of the molecule is O=C(N[C@@H](N[C@@H]1CCS(=O)(=O)C1)C(=O)c1ccccc1)c1ccccc1. The van der Waals surface area contributed by atoms with E-state index in [9.17, 15) is 18.0 Å². The van der Waals surface area contributed by atoms with Gasteiger partial charge in [0.2, 0.25) is 0 Å². The molecule has 2 N–H and O–H groups in total. The Morgan fingerprint density at radius 2 is 1.50 bits per heavy atom. The zero-order valence-corrected chi connectivity index (χ0v) is 14.9. The van der Waals surface area contributed by atoms with Crippen molar-refractivity contribution in [3.8, 4) is 0 Å². The van der Waals surface area contributed by atoms with Crippen LogP contribution in [0.3, 0.4) is 0 Å². The Morgan fingerprint density at radius 1 is 0.923 bits per heavy atom. The molecule has 2 aromatic rings. The van der Waals surface area contributed by atoms with Crippen LogP contribution in [0.5, 0.6) is 0 Å². The van der Waals surface area contributed by atoms with Crippen molar-refractivity contribution in [3.05, 3.63) is 71.8 Å². The summed E-state index contributed by atoms with van der Waals surface area (Å²) < 4.78 is 23.4. The van der Waals surface area contributed by atoms with Gasteiger partial charge in [0.25, 0.3) is 5.91 Å². The van der Waals surface area contributed by atoms with Gasteiger partial charge in [-0.05, 0) is 18.6 Å². The highest BCUT2D eigenvalue weighted by Gasteiger charge is 2.32. The number of hydrogen-bond acceptors (Lipinski definition) is 5. The fourth-order valence-electron chi connectivity index (χ4n) is 2.92. The molecule has 3 rings (SSSR count). The molecule has 0 unspecified atom stereocenters. The van der Waals surface area contributed by atoms with Gasteiger partial charge in [-0.2, -0.15) is 0 Å². The molecule has 0 spiro atoms. The Balaban J connectivity index is 1.79. The Hall–Kier alpha value is -2.51. The molecular formula is C19H20N2O4S. The summed E-state index contributed by atoms with van der Waals surface area (Å²) in [4.78, 5) is 25.3. The third kappa shape index (κ3) is 4.56. The lowest BCUT2D eigenvalue weighted by molar-refractivity contribution is 0.0831. The van der Waals surface area contributed by atoms with Gasteiger partial charge in [0.15, 0.2) is 15.6 Å². The number of carbonyl (C=O) groups excluding carboxylic acids is 2. The molecule has 0 aromatic heterocycles. The number of Topliss-reactive ketones (excluding diaryl/α,β-unsaturated/α-hetero) is 1. The lowest BCUT2D eigenvalue weighted by Crippen LogP contribution is -2.54. The topological polar surface area (TPSA) is 92.3 Å². The summed E-state index contributed by atoms with van der Waals surface area (Å²) in [7, 11) is -3.10. The van der Waals surface area contributed by atoms with E-state index >= 15 is 0 Å². The van der Waals surface area contributed by atoms with Gasteiger partial charge in [-0.1, -0.05) is 48.5 Å². The van der Waals surface area contributed by atoms with Crippen LogP contribution in [0.1, 0.15) is 27.1 Å². The quantitative estimate of drug-likeness (QED) is 0.591. The highest BCUT2D eigenvalue weighted by molar-refractivity contribution is 7.91. The minimum atomic E-state index is -3.10. The van der Waals surface area contributed by atoms with Crippen molar-refractivity contribution in [2.75, 3.05) is 11.5 Å². The van der Waals surface area contributed by atoms with E-state index in [1.807, 2.05) is 0 Å². The number of benzene rings is 2. The summed E-state index contributed by atoms with van der Waals surface area (Å²) in [6.07, 6.45) is -0.578. The smallest absolute Gasteiger partial charge is 0.252 e. The maximum Gasteiger partial charge on any atom is 0.252 e. The van der Waals surface area contributed by atoms with Crippen LogP contribution < -0.4 is 10.6 Å². The summed E-state index contributed by atoms with van der Waals surface area (Å²) in [5, 5.41) is 5.70. The van der Waals surface area contributed by atoms with Gasteiger partial charge in [0, 0.05) is 17.2 Å². The normalized spacial score (nSPS) is 19.6. The van der Waals surface area contributed by atoms with Crippen LogP contribution in [0.15, 0.2) is 60.7 Å². The first-order chi connectivity index (χ1) is 12.4. The zero-order chi connectivity index (χ0) is 18.6. The first-order valence-corrected chi connectivity index (χ1v) is 10.2. The van der Waals surface area contributed by atoms with Gasteiger partial charge in [0.05, 0.1) is 11.5 Å². The van der Waals surface area contributed by atoms with Gasteiger partial charge in [-0.15, -0.1) is 0 Å². The summed E-state index contributed by atoms with van der Waals surface area (Å²) in [5.74, 6) is -0.650. The van der Waals surface area contributed by atoms with Crippen molar-refractivity contribution in [2.24, 2.45) is 0 Å². The maximum absolute atomic E-state index is 12.8. The molecule has 0 aliphatic carbocycles. The third-order valence-corrected chi connectivity index (χ3v) is 6.03. The average molecular weight is 372 g/mol. The lowest BCUT2D eigenvalue weighted by atomic mass is 10.1. The molecule has 0 radical (unpaired) electrons. The van der Waals surface area contributed by atoms with E-state index in [2.05, 4.69) is 10.6 Å². The van der Waals surface area contributed by atoms with Gasteiger partial charge < -0.3 is 5.32 Å². The minimum Gasteiger partial charge on any atom is -0.330 e. The summed E-state index contributed by atoms with van der Waals surface area (Å²) in [6, 6.07) is 16.8. The van der Waals surface area contributed by atoms with Crippen molar-refractivity contribution >= 4 is 21.5 Å². The maximum atomic E-state index is 12.8. The summed E-state index contributed by atoms with van der Waals surface area (Å²) in [5.41, 5.74) is 0.874. The van der Waals surface area contributed by atoms with Crippen LogP contribution >= 0.6 is 0 Å². The number of hydrogen-bond donors (Lipinski definition) is 2. The number of nitrogens with one attached hydrogen (secondary N) is 2. The fourth-order valence-corrected chi connectivity index (χ4v) is 4.60. The highest BCUT2D eigenvalue weighted by atomic mass is 32.2. The van der Waals surface area contributed by atoms with Crippen molar-refractivity contribution in [3.63, 3.8) is 0 Å². The van der Waals surface area contributed by atoms with E-state index in [0.717, 1.165) is 0 Å². The average Bonchev–Trinajstić information content (AvgIpc) is 3.00. The predicted molar refractivity (Wildman–Crippen MR) is 98.7 cm³/mol. The number of carbonyl (C=O) groups is 2. The Kier molecular flexibility index (Phi) is 5.49. The molecular weight excluding hydrogens is 352 g/mol. The van der Waals surface area contributed by atoms with Crippen LogP contribution in [0.4, 0.5) is 0 Å².